The number of anilines is 1. The van der Waals surface area contributed by atoms with Gasteiger partial charge < -0.3 is 15.5 Å². The van der Waals surface area contributed by atoms with Crippen molar-refractivity contribution < 1.29 is 9.53 Å². The average molecular weight is 318 g/mol. The number of nitrogens with zero attached hydrogens (tertiary/aromatic N) is 2. The second-order valence-corrected chi connectivity index (χ2v) is 5.44. The molecule has 1 aromatic carbocycles. The fourth-order valence-corrected chi connectivity index (χ4v) is 2.90. The molecule has 0 bridgehead atoms. The van der Waals surface area contributed by atoms with Gasteiger partial charge in [0.05, 0.1) is 24.6 Å². The molecule has 0 aliphatic carbocycles. The van der Waals surface area contributed by atoms with Crippen molar-refractivity contribution in [2.24, 2.45) is 0 Å². The number of nitrogens with two attached hydrogens (primary N) is 1. The molecule has 6 nitrogen and oxygen atoms in total. The van der Waals surface area contributed by atoms with E-state index in [2.05, 4.69) is 15.0 Å². The van der Waals surface area contributed by atoms with Gasteiger partial charge >= 0.3 is 0 Å². The molecule has 0 amide bonds. The molecule has 4 aromatic rings. The molecular formula is C18H14N4O2. The molecule has 0 saturated carbocycles. The lowest BCUT2D eigenvalue weighted by Gasteiger charge is -2.04. The van der Waals surface area contributed by atoms with E-state index < -0.39 is 0 Å². The molecule has 118 valence electrons. The van der Waals surface area contributed by atoms with Crippen molar-refractivity contribution in [3.63, 3.8) is 0 Å². The Kier molecular flexibility index (Phi) is 3.16. The summed E-state index contributed by atoms with van der Waals surface area (Å²) >= 11 is 0. The van der Waals surface area contributed by atoms with Crippen molar-refractivity contribution in [1.82, 2.24) is 15.0 Å². The Morgan fingerprint density at radius 2 is 1.88 bits per heavy atom. The molecule has 6 heteroatoms. The number of carbonyl (C=O) groups excluding carboxylic acids is 1. The largest absolute Gasteiger partial charge is 0.494 e. The molecule has 0 radical (unpaired) electrons. The number of ether oxygens (including phenoxy) is 1. The summed E-state index contributed by atoms with van der Waals surface area (Å²) in [4.78, 5) is 24.1. The van der Waals surface area contributed by atoms with E-state index in [0.717, 1.165) is 21.7 Å². The standard InChI is InChI=1S/C18H14N4O2/c1-24-17-9-21-5-3-11(17)18(23)16-6-12-10-2-4-20-8-13(10)14(19)7-15(12)22-16/h2-9,22H,19H2,1H3. The Bertz CT molecular complexity index is 1080. The molecule has 0 atom stereocenters. The number of ketones is 1. The third-order valence-electron chi connectivity index (χ3n) is 4.06. The van der Waals surface area contributed by atoms with Crippen LogP contribution >= 0.6 is 0 Å². The molecule has 3 aromatic heterocycles. The SMILES string of the molecule is COc1cnccc1C(=O)c1cc2c(cc(N)c3cnccc32)[nH]1. The number of rotatable bonds is 3. The monoisotopic (exact) mass is 318 g/mol. The molecule has 0 unspecified atom stereocenters. The number of nitrogens with one attached hydrogen (secondary N) is 1. The first-order chi connectivity index (χ1) is 11.7. The predicted molar refractivity (Wildman–Crippen MR) is 92.2 cm³/mol. The Labute approximate surface area is 137 Å². The van der Waals surface area contributed by atoms with E-state index >= 15 is 0 Å². The molecule has 3 heterocycles. The quantitative estimate of drug-likeness (QED) is 0.447. The van der Waals surface area contributed by atoms with Crippen molar-refractivity contribution in [2.75, 3.05) is 12.8 Å². The first-order valence-corrected chi connectivity index (χ1v) is 7.36. The first-order valence-electron chi connectivity index (χ1n) is 7.36. The highest BCUT2D eigenvalue weighted by atomic mass is 16.5. The second kappa shape index (κ2) is 5.34. The topological polar surface area (TPSA) is 93.9 Å². The van der Waals surface area contributed by atoms with Crippen LogP contribution in [0.1, 0.15) is 16.1 Å². The summed E-state index contributed by atoms with van der Waals surface area (Å²) in [7, 11) is 1.51. The predicted octanol–water partition coefficient (Wildman–Crippen LogP) is 2.93. The van der Waals surface area contributed by atoms with E-state index in [-0.39, 0.29) is 5.78 Å². The molecular weight excluding hydrogens is 304 g/mol. The number of aromatic amines is 1. The molecule has 24 heavy (non-hydrogen) atoms. The van der Waals surface area contributed by atoms with Gasteiger partial charge in [0.2, 0.25) is 5.78 Å². The minimum atomic E-state index is -0.161. The molecule has 0 aliphatic rings. The van der Waals surface area contributed by atoms with Crippen LogP contribution in [-0.4, -0.2) is 27.8 Å². The van der Waals surface area contributed by atoms with Crippen molar-refractivity contribution in [1.29, 1.82) is 0 Å². The Morgan fingerprint density at radius 1 is 1.08 bits per heavy atom. The summed E-state index contributed by atoms with van der Waals surface area (Å²) in [5.41, 5.74) is 8.44. The molecule has 3 N–H and O–H groups in total. The van der Waals surface area contributed by atoms with Gasteiger partial charge in [-0.3, -0.25) is 14.8 Å². The van der Waals surface area contributed by atoms with Crippen LogP contribution in [0.15, 0.2) is 49.1 Å². The number of H-pyrrole nitrogens is 1. The summed E-state index contributed by atoms with van der Waals surface area (Å²) < 4.78 is 5.23. The van der Waals surface area contributed by atoms with Crippen LogP contribution in [0, 0.1) is 0 Å². The van der Waals surface area contributed by atoms with Crippen LogP contribution in [0.4, 0.5) is 5.69 Å². The lowest BCUT2D eigenvalue weighted by Crippen LogP contribution is -2.04. The number of hydrogen-bond acceptors (Lipinski definition) is 5. The molecule has 0 aliphatic heterocycles. The van der Waals surface area contributed by atoms with Gasteiger partial charge in [-0.15, -0.1) is 0 Å². The first kappa shape index (κ1) is 14.2. The zero-order chi connectivity index (χ0) is 16.7. The summed E-state index contributed by atoms with van der Waals surface area (Å²) in [6.07, 6.45) is 6.53. The highest BCUT2D eigenvalue weighted by Crippen LogP contribution is 2.31. The molecule has 4 rings (SSSR count). The minimum absolute atomic E-state index is 0.161. The molecule has 0 fully saturated rings. The number of methoxy groups -OCH3 is 1. The van der Waals surface area contributed by atoms with E-state index in [1.807, 2.05) is 18.2 Å². The smallest absolute Gasteiger partial charge is 0.213 e. The number of nitrogen functional groups attached to an aromatic ring is 1. The fraction of sp³-hybridized carbons (Fsp3) is 0.0556. The summed E-state index contributed by atoms with van der Waals surface area (Å²) in [5, 5.41) is 2.75. The maximum Gasteiger partial charge on any atom is 0.213 e. The van der Waals surface area contributed by atoms with Crippen LogP contribution in [0.25, 0.3) is 21.7 Å². The third kappa shape index (κ3) is 2.08. The zero-order valence-corrected chi connectivity index (χ0v) is 12.9. The number of carbonyl (C=O) groups is 1. The summed E-state index contributed by atoms with van der Waals surface area (Å²) in [6.45, 7) is 0. The number of aromatic nitrogens is 3. The minimum Gasteiger partial charge on any atom is -0.494 e. The van der Waals surface area contributed by atoms with E-state index in [9.17, 15) is 4.79 Å². The number of fused-ring (bicyclic) bond motifs is 3. The van der Waals surface area contributed by atoms with Crippen molar-refractivity contribution in [3.05, 3.63) is 60.3 Å². The van der Waals surface area contributed by atoms with E-state index in [1.165, 1.54) is 13.3 Å². The maximum atomic E-state index is 12.8. The van der Waals surface area contributed by atoms with Gasteiger partial charge in [-0.1, -0.05) is 0 Å². The van der Waals surface area contributed by atoms with E-state index in [0.29, 0.717) is 22.7 Å². The number of hydrogen-bond donors (Lipinski definition) is 2. The fourth-order valence-electron chi connectivity index (χ4n) is 2.90. The van der Waals surface area contributed by atoms with Gasteiger partial charge in [-0.2, -0.15) is 0 Å². The molecule has 0 spiro atoms. The van der Waals surface area contributed by atoms with Gasteiger partial charge in [-0.25, -0.2) is 0 Å². The van der Waals surface area contributed by atoms with E-state index in [4.69, 9.17) is 10.5 Å². The highest BCUT2D eigenvalue weighted by Gasteiger charge is 2.18. The van der Waals surface area contributed by atoms with Crippen LogP contribution in [0.5, 0.6) is 5.75 Å². The van der Waals surface area contributed by atoms with Crippen LogP contribution < -0.4 is 10.5 Å². The van der Waals surface area contributed by atoms with Gasteiger partial charge in [-0.05, 0) is 29.7 Å². The van der Waals surface area contributed by atoms with Crippen LogP contribution in [0.2, 0.25) is 0 Å². The highest BCUT2D eigenvalue weighted by molar-refractivity contribution is 6.17. The van der Waals surface area contributed by atoms with Crippen molar-refractivity contribution in [3.8, 4) is 5.75 Å². The summed E-state index contributed by atoms with van der Waals surface area (Å²) in [5.74, 6) is 0.279. The number of pyridine rings is 2. The Balaban J connectivity index is 1.92. The lowest BCUT2D eigenvalue weighted by atomic mass is 10.1. The zero-order valence-electron chi connectivity index (χ0n) is 12.9. The number of benzene rings is 1. The Morgan fingerprint density at radius 3 is 2.71 bits per heavy atom. The summed E-state index contributed by atoms with van der Waals surface area (Å²) in [6, 6.07) is 7.19. The van der Waals surface area contributed by atoms with Crippen molar-refractivity contribution in [2.45, 2.75) is 0 Å². The van der Waals surface area contributed by atoms with Gasteiger partial charge in [0.15, 0.2) is 0 Å². The van der Waals surface area contributed by atoms with Crippen LogP contribution in [-0.2, 0) is 0 Å². The average Bonchev–Trinajstić information content (AvgIpc) is 3.05. The third-order valence-corrected chi connectivity index (χ3v) is 4.06. The second-order valence-electron chi connectivity index (χ2n) is 5.44. The Hall–Kier alpha value is -3.41. The van der Waals surface area contributed by atoms with Gasteiger partial charge in [0, 0.05) is 40.6 Å². The van der Waals surface area contributed by atoms with Gasteiger partial charge in [0.25, 0.3) is 0 Å². The maximum absolute atomic E-state index is 12.8. The van der Waals surface area contributed by atoms with E-state index in [1.54, 1.807) is 24.7 Å². The van der Waals surface area contributed by atoms with Gasteiger partial charge in [0.1, 0.15) is 5.75 Å². The lowest BCUT2D eigenvalue weighted by molar-refractivity contribution is 0.103. The van der Waals surface area contributed by atoms with Crippen molar-refractivity contribution >= 4 is 33.1 Å². The molecule has 0 saturated heterocycles. The van der Waals surface area contributed by atoms with Crippen LogP contribution in [0.3, 0.4) is 0 Å². The normalized spacial score (nSPS) is 11.0.